The van der Waals surface area contributed by atoms with Gasteiger partial charge in [-0.1, -0.05) is 6.07 Å². The number of hydrogen-bond donors (Lipinski definition) is 2. The molecule has 1 saturated heterocycles. The molecule has 2 aromatic rings. The Kier molecular flexibility index (Phi) is 4.09. The van der Waals surface area contributed by atoms with Gasteiger partial charge in [-0.05, 0) is 25.0 Å². The molecule has 130 valence electrons. The number of nitrogens with one attached hydrogen (secondary N) is 2. The number of amides is 2. The Morgan fingerprint density at radius 3 is 3.12 bits per heavy atom. The van der Waals surface area contributed by atoms with Crippen LogP contribution in [0.5, 0.6) is 0 Å². The van der Waals surface area contributed by atoms with E-state index in [4.69, 9.17) is 0 Å². The lowest BCUT2D eigenvalue weighted by atomic mass is 10.2. The van der Waals surface area contributed by atoms with Crippen molar-refractivity contribution in [2.45, 2.75) is 32.0 Å². The van der Waals surface area contributed by atoms with Crippen molar-refractivity contribution in [1.82, 2.24) is 25.4 Å². The number of nitrogens with zero attached hydrogens (tertiary/aromatic N) is 4. The molecule has 2 N–H and O–H groups in total. The van der Waals surface area contributed by atoms with Crippen LogP contribution in [0.1, 0.15) is 24.1 Å². The van der Waals surface area contributed by atoms with Gasteiger partial charge < -0.3 is 15.1 Å². The van der Waals surface area contributed by atoms with E-state index >= 15 is 0 Å². The van der Waals surface area contributed by atoms with Crippen molar-refractivity contribution < 1.29 is 4.79 Å². The summed E-state index contributed by atoms with van der Waals surface area (Å²) in [7, 11) is 0. The Labute approximate surface area is 144 Å². The minimum absolute atomic E-state index is 0.128. The lowest BCUT2D eigenvalue weighted by Gasteiger charge is -2.27. The van der Waals surface area contributed by atoms with E-state index < -0.39 is 0 Å². The molecule has 2 amide bonds. The zero-order chi connectivity index (χ0) is 17.2. The van der Waals surface area contributed by atoms with E-state index in [0.29, 0.717) is 24.8 Å². The molecule has 2 aromatic heterocycles. The van der Waals surface area contributed by atoms with Gasteiger partial charge in [-0.2, -0.15) is 5.10 Å². The van der Waals surface area contributed by atoms with Gasteiger partial charge in [0.1, 0.15) is 5.82 Å². The number of fused-ring (bicyclic) bond motifs is 3. The number of rotatable bonds is 2. The molecule has 0 unspecified atom stereocenters. The van der Waals surface area contributed by atoms with Crippen LogP contribution in [-0.4, -0.2) is 45.2 Å². The fraction of sp³-hybridized carbons (Fsp3) is 0.412. The van der Waals surface area contributed by atoms with E-state index in [-0.39, 0.29) is 18.1 Å². The van der Waals surface area contributed by atoms with Gasteiger partial charge in [0.15, 0.2) is 0 Å². The van der Waals surface area contributed by atoms with Crippen LogP contribution in [0.15, 0.2) is 35.3 Å². The largest absolute Gasteiger partial charge is 0.352 e. The van der Waals surface area contributed by atoms with Crippen LogP contribution in [0.25, 0.3) is 0 Å². The summed E-state index contributed by atoms with van der Waals surface area (Å²) < 4.78 is 0. The third-order valence-corrected chi connectivity index (χ3v) is 4.75. The Hall–Kier alpha value is -2.90. The van der Waals surface area contributed by atoms with Crippen LogP contribution in [-0.2, 0) is 13.1 Å². The lowest BCUT2D eigenvalue weighted by Crippen LogP contribution is -2.44. The fourth-order valence-electron chi connectivity index (χ4n) is 3.55. The molecule has 25 heavy (non-hydrogen) atoms. The monoisotopic (exact) mass is 340 g/mol. The van der Waals surface area contributed by atoms with Crippen LogP contribution in [0.3, 0.4) is 0 Å². The number of H-pyrrole nitrogens is 1. The van der Waals surface area contributed by atoms with Gasteiger partial charge in [-0.3, -0.25) is 4.79 Å². The fourth-order valence-corrected chi connectivity index (χ4v) is 3.55. The zero-order valence-corrected chi connectivity index (χ0v) is 13.8. The molecule has 1 atom stereocenters. The van der Waals surface area contributed by atoms with Gasteiger partial charge in [0, 0.05) is 37.0 Å². The molecule has 1 fully saturated rings. The maximum Gasteiger partial charge on any atom is 0.318 e. The predicted octanol–water partition coefficient (Wildman–Crippen LogP) is 0.859. The number of anilines is 1. The highest BCUT2D eigenvalue weighted by atomic mass is 16.2. The molecule has 0 radical (unpaired) electrons. The van der Waals surface area contributed by atoms with E-state index in [0.717, 1.165) is 30.8 Å². The van der Waals surface area contributed by atoms with Crippen LogP contribution in [0, 0.1) is 0 Å². The van der Waals surface area contributed by atoms with E-state index in [1.54, 1.807) is 6.07 Å². The summed E-state index contributed by atoms with van der Waals surface area (Å²) in [6.07, 6.45) is 4.00. The topological polar surface area (TPSA) is 94.2 Å². The molecule has 0 aliphatic carbocycles. The highest BCUT2D eigenvalue weighted by molar-refractivity contribution is 5.75. The van der Waals surface area contributed by atoms with Gasteiger partial charge >= 0.3 is 6.03 Å². The molecule has 2 aliphatic rings. The zero-order valence-electron chi connectivity index (χ0n) is 13.8. The van der Waals surface area contributed by atoms with Gasteiger partial charge in [0.2, 0.25) is 0 Å². The minimum atomic E-state index is -0.256. The molecule has 0 aromatic carbocycles. The van der Waals surface area contributed by atoms with E-state index in [2.05, 4.69) is 25.4 Å². The van der Waals surface area contributed by atoms with E-state index in [1.165, 1.54) is 6.07 Å². The van der Waals surface area contributed by atoms with Crippen LogP contribution < -0.4 is 15.8 Å². The third-order valence-electron chi connectivity index (χ3n) is 4.75. The van der Waals surface area contributed by atoms with Crippen LogP contribution >= 0.6 is 0 Å². The number of carbonyl (C=O) groups is 1. The molecular weight excluding hydrogens is 320 g/mol. The van der Waals surface area contributed by atoms with Crippen molar-refractivity contribution in [1.29, 1.82) is 0 Å². The summed E-state index contributed by atoms with van der Waals surface area (Å²) in [6.45, 7) is 2.49. The first kappa shape index (κ1) is 15.6. The average molecular weight is 340 g/mol. The first-order valence-electron chi connectivity index (χ1n) is 8.48. The van der Waals surface area contributed by atoms with Gasteiger partial charge in [-0.15, -0.1) is 0 Å². The van der Waals surface area contributed by atoms with Crippen molar-refractivity contribution in [3.63, 3.8) is 0 Å². The number of aromatic nitrogens is 3. The van der Waals surface area contributed by atoms with Crippen molar-refractivity contribution in [3.8, 4) is 0 Å². The predicted molar refractivity (Wildman–Crippen MR) is 92.1 cm³/mol. The van der Waals surface area contributed by atoms with E-state index in [1.807, 2.05) is 23.2 Å². The van der Waals surface area contributed by atoms with Crippen molar-refractivity contribution >= 4 is 11.8 Å². The summed E-state index contributed by atoms with van der Waals surface area (Å²) in [5.74, 6) is 1.00. The van der Waals surface area contributed by atoms with Crippen molar-refractivity contribution in [2.75, 3.05) is 18.0 Å². The Morgan fingerprint density at radius 2 is 2.28 bits per heavy atom. The maximum atomic E-state index is 12.7. The Balaban J connectivity index is 1.49. The van der Waals surface area contributed by atoms with Gasteiger partial charge in [0.25, 0.3) is 5.56 Å². The molecule has 8 nitrogen and oxygen atoms in total. The summed E-state index contributed by atoms with van der Waals surface area (Å²) >= 11 is 0. The van der Waals surface area contributed by atoms with E-state index in [9.17, 15) is 9.59 Å². The number of aromatic amines is 1. The molecule has 0 saturated carbocycles. The quantitative estimate of drug-likeness (QED) is 0.846. The first-order chi connectivity index (χ1) is 12.2. The highest BCUT2D eigenvalue weighted by Gasteiger charge is 2.33. The third kappa shape index (κ3) is 3.19. The van der Waals surface area contributed by atoms with Gasteiger partial charge in [-0.25, -0.2) is 14.9 Å². The molecule has 0 spiro atoms. The maximum absolute atomic E-state index is 12.7. The highest BCUT2D eigenvalue weighted by Crippen LogP contribution is 2.31. The second-order valence-corrected chi connectivity index (χ2v) is 6.43. The summed E-state index contributed by atoms with van der Waals surface area (Å²) in [5, 5.41) is 9.18. The van der Waals surface area contributed by atoms with Crippen molar-refractivity contribution in [2.24, 2.45) is 0 Å². The molecule has 8 heteroatoms. The average Bonchev–Trinajstić information content (AvgIpc) is 3.03. The second kappa shape index (κ2) is 6.54. The van der Waals surface area contributed by atoms with Crippen LogP contribution in [0.4, 0.5) is 10.6 Å². The summed E-state index contributed by atoms with van der Waals surface area (Å²) in [6, 6.07) is 7.14. The number of hydrogen-bond acceptors (Lipinski definition) is 5. The molecule has 4 rings (SSSR count). The van der Waals surface area contributed by atoms with Crippen molar-refractivity contribution in [3.05, 3.63) is 52.1 Å². The molecule has 4 heterocycles. The number of carbonyl (C=O) groups excluding carboxylic acids is 1. The number of pyridine rings is 1. The van der Waals surface area contributed by atoms with Crippen LogP contribution in [0.2, 0.25) is 0 Å². The SMILES string of the molecule is O=C(NCc1ccc(=O)[nH]n1)N1Cc2cccnc2N2CCC[C@@H]2C1. The molecular formula is C17H20N6O2. The summed E-state index contributed by atoms with van der Waals surface area (Å²) in [4.78, 5) is 32.4. The second-order valence-electron chi connectivity index (χ2n) is 6.43. The lowest BCUT2D eigenvalue weighted by molar-refractivity contribution is 0.192. The minimum Gasteiger partial charge on any atom is -0.352 e. The Morgan fingerprint density at radius 1 is 1.36 bits per heavy atom. The molecule has 2 aliphatic heterocycles. The molecule has 0 bridgehead atoms. The Bertz CT molecular complexity index is 815. The standard InChI is InChI=1S/C17H20N6O2/c24-15-6-5-13(20-21-15)9-19-17(25)22-10-12-3-1-7-18-16(12)23-8-2-4-14(23)11-22/h1,3,5-7,14H,2,4,8-11H2,(H,19,25)(H,21,24)/t14-/m1/s1. The smallest absolute Gasteiger partial charge is 0.318 e. The normalized spacial score (nSPS) is 19.1. The van der Waals surface area contributed by atoms with Gasteiger partial charge in [0.05, 0.1) is 18.8 Å². The first-order valence-corrected chi connectivity index (χ1v) is 8.48. The summed E-state index contributed by atoms with van der Waals surface area (Å²) in [5.41, 5.74) is 1.43. The number of urea groups is 1.